The Bertz CT molecular complexity index is 361. The van der Waals surface area contributed by atoms with E-state index in [1.165, 1.54) is 5.56 Å². The van der Waals surface area contributed by atoms with Gasteiger partial charge < -0.3 is 20.5 Å². The Hall–Kier alpha value is -1.10. The number of hydrogen-bond acceptors (Lipinski definition) is 4. The highest BCUT2D eigenvalue weighted by molar-refractivity contribution is 5.25. The molecule has 2 unspecified atom stereocenters. The van der Waals surface area contributed by atoms with Crippen molar-refractivity contribution in [2.24, 2.45) is 0 Å². The van der Waals surface area contributed by atoms with Crippen molar-refractivity contribution in [3.8, 4) is 5.75 Å². The van der Waals surface area contributed by atoms with Gasteiger partial charge in [0.2, 0.25) is 0 Å². The van der Waals surface area contributed by atoms with E-state index in [4.69, 9.17) is 4.74 Å². The summed E-state index contributed by atoms with van der Waals surface area (Å²) >= 11 is 0. The smallest absolute Gasteiger partial charge is 0.115 e. The molecule has 4 nitrogen and oxygen atoms in total. The lowest BCUT2D eigenvalue weighted by Crippen LogP contribution is -2.45. The maximum atomic E-state index is 9.22. The van der Waals surface area contributed by atoms with Crippen molar-refractivity contribution in [3.05, 3.63) is 29.8 Å². The zero-order valence-corrected chi connectivity index (χ0v) is 11.6. The molecule has 106 valence electrons. The van der Waals surface area contributed by atoms with Crippen LogP contribution in [0.5, 0.6) is 5.75 Å². The molecule has 1 fully saturated rings. The summed E-state index contributed by atoms with van der Waals surface area (Å²) in [4.78, 5) is 0. The van der Waals surface area contributed by atoms with E-state index in [9.17, 15) is 5.11 Å². The average Bonchev–Trinajstić information content (AvgIpc) is 2.42. The van der Waals surface area contributed by atoms with Crippen LogP contribution in [0.15, 0.2) is 24.3 Å². The predicted molar refractivity (Wildman–Crippen MR) is 76.5 cm³/mol. The third-order valence-electron chi connectivity index (χ3n) is 3.48. The van der Waals surface area contributed by atoms with Crippen LogP contribution in [-0.2, 0) is 11.2 Å². The van der Waals surface area contributed by atoms with Gasteiger partial charge in [0.05, 0.1) is 13.2 Å². The van der Waals surface area contributed by atoms with Crippen LogP contribution in [0, 0.1) is 0 Å². The summed E-state index contributed by atoms with van der Waals surface area (Å²) in [7, 11) is 0. The molecule has 0 aliphatic carbocycles. The SMILES string of the molecule is CC(CC1COCCN1)NCCc1ccc(O)cc1. The molecule has 0 spiro atoms. The molecular weight excluding hydrogens is 240 g/mol. The van der Waals surface area contributed by atoms with Gasteiger partial charge in [-0.15, -0.1) is 0 Å². The van der Waals surface area contributed by atoms with E-state index in [1.54, 1.807) is 12.1 Å². The van der Waals surface area contributed by atoms with E-state index >= 15 is 0 Å². The van der Waals surface area contributed by atoms with E-state index < -0.39 is 0 Å². The molecule has 19 heavy (non-hydrogen) atoms. The number of aromatic hydroxyl groups is 1. The van der Waals surface area contributed by atoms with Crippen molar-refractivity contribution < 1.29 is 9.84 Å². The second-order valence-electron chi connectivity index (χ2n) is 5.23. The van der Waals surface area contributed by atoms with Crippen molar-refractivity contribution in [2.45, 2.75) is 31.8 Å². The Labute approximate surface area is 115 Å². The normalized spacial score (nSPS) is 21.2. The maximum absolute atomic E-state index is 9.22. The fraction of sp³-hybridized carbons (Fsp3) is 0.600. The van der Waals surface area contributed by atoms with Crippen LogP contribution in [0.25, 0.3) is 0 Å². The highest BCUT2D eigenvalue weighted by Crippen LogP contribution is 2.10. The largest absolute Gasteiger partial charge is 0.508 e. The number of benzene rings is 1. The Morgan fingerprint density at radius 1 is 1.42 bits per heavy atom. The third-order valence-corrected chi connectivity index (χ3v) is 3.48. The molecule has 0 amide bonds. The van der Waals surface area contributed by atoms with Gasteiger partial charge >= 0.3 is 0 Å². The summed E-state index contributed by atoms with van der Waals surface area (Å²) in [6.07, 6.45) is 2.08. The monoisotopic (exact) mass is 264 g/mol. The van der Waals surface area contributed by atoms with Crippen LogP contribution >= 0.6 is 0 Å². The maximum Gasteiger partial charge on any atom is 0.115 e. The minimum absolute atomic E-state index is 0.327. The molecule has 0 bridgehead atoms. The molecule has 1 aromatic carbocycles. The second-order valence-corrected chi connectivity index (χ2v) is 5.23. The molecule has 2 rings (SSSR count). The van der Waals surface area contributed by atoms with E-state index in [1.807, 2.05) is 12.1 Å². The van der Waals surface area contributed by atoms with Crippen molar-refractivity contribution in [3.63, 3.8) is 0 Å². The standard InChI is InChI=1S/C15H24N2O2/c1-12(10-14-11-19-9-8-17-14)16-7-6-13-2-4-15(18)5-3-13/h2-5,12,14,16-18H,6-11H2,1H3. The molecule has 2 atom stereocenters. The van der Waals surface area contributed by atoms with Crippen molar-refractivity contribution in [1.29, 1.82) is 0 Å². The molecule has 1 heterocycles. The van der Waals surface area contributed by atoms with Gasteiger partial charge in [-0.3, -0.25) is 0 Å². The van der Waals surface area contributed by atoms with Crippen LogP contribution in [0.4, 0.5) is 0 Å². The van der Waals surface area contributed by atoms with E-state index in [0.717, 1.165) is 39.1 Å². The van der Waals surface area contributed by atoms with Crippen LogP contribution in [0.2, 0.25) is 0 Å². The highest BCUT2D eigenvalue weighted by atomic mass is 16.5. The Kier molecular flexibility index (Phi) is 5.63. The minimum Gasteiger partial charge on any atom is -0.508 e. The van der Waals surface area contributed by atoms with Crippen LogP contribution in [0.3, 0.4) is 0 Å². The zero-order valence-electron chi connectivity index (χ0n) is 11.6. The first-order chi connectivity index (χ1) is 9.24. The molecule has 4 heteroatoms. The van der Waals surface area contributed by atoms with Gasteiger partial charge in [-0.25, -0.2) is 0 Å². The predicted octanol–water partition coefficient (Wildman–Crippen LogP) is 1.29. The van der Waals surface area contributed by atoms with E-state index in [2.05, 4.69) is 17.6 Å². The summed E-state index contributed by atoms with van der Waals surface area (Å²) in [5, 5.41) is 16.2. The van der Waals surface area contributed by atoms with Crippen LogP contribution < -0.4 is 10.6 Å². The lowest BCUT2D eigenvalue weighted by Gasteiger charge is -2.26. The number of phenols is 1. The number of ether oxygens (including phenoxy) is 1. The first kappa shape index (κ1) is 14.3. The van der Waals surface area contributed by atoms with E-state index in [0.29, 0.717) is 17.8 Å². The summed E-state index contributed by atoms with van der Waals surface area (Å²) in [6, 6.07) is 8.38. The number of nitrogens with one attached hydrogen (secondary N) is 2. The van der Waals surface area contributed by atoms with Crippen LogP contribution in [0.1, 0.15) is 18.9 Å². The molecule has 1 aromatic rings. The van der Waals surface area contributed by atoms with Gasteiger partial charge in [0.1, 0.15) is 5.75 Å². The molecule has 0 saturated carbocycles. The lowest BCUT2D eigenvalue weighted by molar-refractivity contribution is 0.0713. The Morgan fingerprint density at radius 2 is 2.21 bits per heavy atom. The molecule has 1 aliphatic heterocycles. The summed E-state index contributed by atoms with van der Waals surface area (Å²) < 4.78 is 5.45. The molecule has 1 saturated heterocycles. The molecule has 1 aliphatic rings. The number of rotatable bonds is 6. The Morgan fingerprint density at radius 3 is 2.89 bits per heavy atom. The van der Waals surface area contributed by atoms with Crippen LogP contribution in [-0.4, -0.2) is 43.5 Å². The quantitative estimate of drug-likeness (QED) is 0.725. The molecule has 3 N–H and O–H groups in total. The first-order valence-corrected chi connectivity index (χ1v) is 7.06. The molecule has 0 radical (unpaired) electrons. The van der Waals surface area contributed by atoms with Crippen molar-refractivity contribution >= 4 is 0 Å². The van der Waals surface area contributed by atoms with Gasteiger partial charge in [0.25, 0.3) is 0 Å². The third kappa shape index (κ3) is 5.19. The van der Waals surface area contributed by atoms with E-state index in [-0.39, 0.29) is 0 Å². The zero-order chi connectivity index (χ0) is 13.5. The summed E-state index contributed by atoms with van der Waals surface area (Å²) in [5.74, 6) is 0.327. The van der Waals surface area contributed by atoms with Crippen molar-refractivity contribution in [2.75, 3.05) is 26.3 Å². The average molecular weight is 264 g/mol. The van der Waals surface area contributed by atoms with Gasteiger partial charge in [-0.05, 0) is 44.0 Å². The first-order valence-electron chi connectivity index (χ1n) is 7.06. The minimum atomic E-state index is 0.327. The van der Waals surface area contributed by atoms with Crippen molar-refractivity contribution in [1.82, 2.24) is 10.6 Å². The number of morpholine rings is 1. The topological polar surface area (TPSA) is 53.5 Å². The Balaban J connectivity index is 1.63. The van der Waals surface area contributed by atoms with Gasteiger partial charge in [-0.1, -0.05) is 12.1 Å². The second kappa shape index (κ2) is 7.48. The molecule has 0 aromatic heterocycles. The lowest BCUT2D eigenvalue weighted by atomic mass is 10.1. The summed E-state index contributed by atoms with van der Waals surface area (Å²) in [6.45, 7) is 5.79. The molecular formula is C15H24N2O2. The number of phenolic OH excluding ortho intramolecular Hbond substituents is 1. The summed E-state index contributed by atoms with van der Waals surface area (Å²) in [5.41, 5.74) is 1.25. The van der Waals surface area contributed by atoms with Gasteiger partial charge in [0.15, 0.2) is 0 Å². The fourth-order valence-corrected chi connectivity index (χ4v) is 2.41. The number of hydrogen-bond donors (Lipinski definition) is 3. The fourth-order valence-electron chi connectivity index (χ4n) is 2.41. The van der Waals surface area contributed by atoms with Gasteiger partial charge in [-0.2, -0.15) is 0 Å². The highest BCUT2D eigenvalue weighted by Gasteiger charge is 2.15. The van der Waals surface area contributed by atoms with Gasteiger partial charge in [0, 0.05) is 18.6 Å².